The largest absolute Gasteiger partial charge is 0.457 e. The van der Waals surface area contributed by atoms with E-state index >= 15 is 0 Å². The minimum atomic E-state index is -0.430. The number of hydrogen-bond acceptors (Lipinski definition) is 4. The molecule has 21 heavy (non-hydrogen) atoms. The van der Waals surface area contributed by atoms with Crippen molar-refractivity contribution >= 4 is 27.3 Å². The minimum absolute atomic E-state index is 0.00252. The number of non-ortho nitro benzene ring substituents is 1. The molecule has 0 fully saturated rings. The van der Waals surface area contributed by atoms with Crippen LogP contribution < -0.4 is 10.1 Å². The van der Waals surface area contributed by atoms with Crippen LogP contribution in [-0.2, 0) is 0 Å². The van der Waals surface area contributed by atoms with Gasteiger partial charge in [0.05, 0.1) is 11.0 Å². The van der Waals surface area contributed by atoms with Gasteiger partial charge in [-0.05, 0) is 37.6 Å². The Hall–Kier alpha value is -2.08. The van der Waals surface area contributed by atoms with Crippen LogP contribution in [0.25, 0.3) is 0 Å². The number of halogens is 1. The number of nitro benzene ring substituents is 1. The fraction of sp³-hybridized carbons (Fsp3) is 0.200. The predicted molar refractivity (Wildman–Crippen MR) is 86.2 cm³/mol. The van der Waals surface area contributed by atoms with Crippen molar-refractivity contribution in [3.8, 4) is 11.5 Å². The highest BCUT2D eigenvalue weighted by atomic mass is 79.9. The summed E-state index contributed by atoms with van der Waals surface area (Å²) >= 11 is 3.42. The maximum absolute atomic E-state index is 11.0. The molecule has 0 radical (unpaired) electrons. The van der Waals surface area contributed by atoms with Gasteiger partial charge in [0.1, 0.15) is 11.5 Å². The van der Waals surface area contributed by atoms with E-state index < -0.39 is 4.92 Å². The molecule has 0 aliphatic carbocycles. The maximum atomic E-state index is 11.0. The van der Waals surface area contributed by atoms with E-state index in [0.29, 0.717) is 23.7 Å². The van der Waals surface area contributed by atoms with Gasteiger partial charge in [0.2, 0.25) is 0 Å². The lowest BCUT2D eigenvalue weighted by atomic mass is 10.2. The smallest absolute Gasteiger partial charge is 0.275 e. The van der Waals surface area contributed by atoms with Crippen LogP contribution >= 0.6 is 15.9 Å². The zero-order valence-electron chi connectivity index (χ0n) is 11.7. The van der Waals surface area contributed by atoms with Crippen LogP contribution in [0.15, 0.2) is 40.9 Å². The van der Waals surface area contributed by atoms with Crippen molar-refractivity contribution in [2.75, 3.05) is 11.9 Å². The number of aryl methyl sites for hydroxylation is 1. The van der Waals surface area contributed by atoms with Crippen molar-refractivity contribution in [3.05, 3.63) is 56.5 Å². The third kappa shape index (κ3) is 3.95. The van der Waals surface area contributed by atoms with Gasteiger partial charge in [0.15, 0.2) is 0 Å². The maximum Gasteiger partial charge on any atom is 0.275 e. The third-order valence-electron chi connectivity index (χ3n) is 2.85. The summed E-state index contributed by atoms with van der Waals surface area (Å²) in [7, 11) is 0. The van der Waals surface area contributed by atoms with Crippen molar-refractivity contribution in [1.82, 2.24) is 0 Å². The molecule has 0 aliphatic heterocycles. The molecule has 5 nitrogen and oxygen atoms in total. The molecule has 0 amide bonds. The van der Waals surface area contributed by atoms with Crippen LogP contribution in [0, 0.1) is 17.0 Å². The molecule has 0 aliphatic rings. The second kappa shape index (κ2) is 6.58. The van der Waals surface area contributed by atoms with Crippen LogP contribution in [0.5, 0.6) is 11.5 Å². The Morgan fingerprint density at radius 1 is 1.24 bits per heavy atom. The standard InChI is InChI=1S/C15H15BrN2O3/c1-3-17-11-7-12(18(19)20)9-14(8-11)21-13-4-5-15(16)10(2)6-13/h4-9,17H,3H2,1-2H3. The number of ether oxygens (including phenoxy) is 1. The lowest BCUT2D eigenvalue weighted by Gasteiger charge is -2.10. The first-order chi connectivity index (χ1) is 9.99. The lowest BCUT2D eigenvalue weighted by Crippen LogP contribution is -1.98. The minimum Gasteiger partial charge on any atom is -0.457 e. The molecule has 0 aromatic heterocycles. The second-order valence-electron chi connectivity index (χ2n) is 4.52. The van der Waals surface area contributed by atoms with E-state index in [-0.39, 0.29) is 5.69 Å². The predicted octanol–water partition coefficient (Wildman–Crippen LogP) is 4.89. The average molecular weight is 351 g/mol. The molecule has 2 aromatic carbocycles. The summed E-state index contributed by atoms with van der Waals surface area (Å²) in [6.45, 7) is 4.56. The summed E-state index contributed by atoms with van der Waals surface area (Å²) in [6, 6.07) is 10.2. The molecule has 2 aromatic rings. The molecule has 6 heteroatoms. The Balaban J connectivity index is 2.33. The monoisotopic (exact) mass is 350 g/mol. The Bertz CT molecular complexity index is 674. The van der Waals surface area contributed by atoms with Crippen LogP contribution in [0.3, 0.4) is 0 Å². The van der Waals surface area contributed by atoms with E-state index in [1.54, 1.807) is 6.07 Å². The Morgan fingerprint density at radius 3 is 2.62 bits per heavy atom. The Labute approximate surface area is 131 Å². The van der Waals surface area contributed by atoms with Crippen LogP contribution in [0.2, 0.25) is 0 Å². The summed E-state index contributed by atoms with van der Waals surface area (Å²) in [5.74, 6) is 1.07. The summed E-state index contributed by atoms with van der Waals surface area (Å²) < 4.78 is 6.71. The number of anilines is 1. The zero-order valence-corrected chi connectivity index (χ0v) is 13.3. The first-order valence-electron chi connectivity index (χ1n) is 6.47. The molecule has 0 heterocycles. The summed E-state index contributed by atoms with van der Waals surface area (Å²) in [6.07, 6.45) is 0. The van der Waals surface area contributed by atoms with Crippen LogP contribution in [0.4, 0.5) is 11.4 Å². The van der Waals surface area contributed by atoms with Crippen molar-refractivity contribution in [3.63, 3.8) is 0 Å². The number of benzene rings is 2. The Morgan fingerprint density at radius 2 is 2.00 bits per heavy atom. The summed E-state index contributed by atoms with van der Waals surface area (Å²) in [5.41, 5.74) is 1.69. The first-order valence-corrected chi connectivity index (χ1v) is 7.26. The molecule has 1 N–H and O–H groups in total. The number of hydrogen-bond donors (Lipinski definition) is 1. The first kappa shape index (κ1) is 15.3. The van der Waals surface area contributed by atoms with Gasteiger partial charge in [-0.25, -0.2) is 0 Å². The van der Waals surface area contributed by atoms with Crippen molar-refractivity contribution in [2.24, 2.45) is 0 Å². The highest BCUT2D eigenvalue weighted by molar-refractivity contribution is 9.10. The van der Waals surface area contributed by atoms with Gasteiger partial charge in [-0.1, -0.05) is 15.9 Å². The fourth-order valence-corrected chi connectivity index (χ4v) is 2.12. The van der Waals surface area contributed by atoms with Gasteiger partial charge < -0.3 is 10.1 Å². The second-order valence-corrected chi connectivity index (χ2v) is 5.37. The molecule has 0 saturated carbocycles. The molecule has 110 valence electrons. The molecule has 0 atom stereocenters. The number of nitrogens with zero attached hydrogens (tertiary/aromatic N) is 1. The molecule has 0 unspecified atom stereocenters. The highest BCUT2D eigenvalue weighted by Gasteiger charge is 2.11. The molecule has 0 spiro atoms. The van der Waals surface area contributed by atoms with Gasteiger partial charge in [0, 0.05) is 28.8 Å². The van der Waals surface area contributed by atoms with Gasteiger partial charge in [-0.3, -0.25) is 10.1 Å². The van der Waals surface area contributed by atoms with E-state index in [0.717, 1.165) is 10.0 Å². The van der Waals surface area contributed by atoms with Crippen LogP contribution in [-0.4, -0.2) is 11.5 Å². The van der Waals surface area contributed by atoms with Crippen LogP contribution in [0.1, 0.15) is 12.5 Å². The van der Waals surface area contributed by atoms with E-state index in [1.165, 1.54) is 12.1 Å². The Kier molecular flexibility index (Phi) is 4.80. The molecule has 0 saturated heterocycles. The van der Waals surface area contributed by atoms with E-state index in [4.69, 9.17) is 4.74 Å². The molecular weight excluding hydrogens is 336 g/mol. The zero-order chi connectivity index (χ0) is 15.4. The third-order valence-corrected chi connectivity index (χ3v) is 3.74. The molecular formula is C15H15BrN2O3. The van der Waals surface area contributed by atoms with Gasteiger partial charge >= 0.3 is 0 Å². The van der Waals surface area contributed by atoms with Gasteiger partial charge in [-0.15, -0.1) is 0 Å². The van der Waals surface area contributed by atoms with Gasteiger partial charge in [-0.2, -0.15) is 0 Å². The normalized spacial score (nSPS) is 10.2. The van der Waals surface area contributed by atoms with Crippen molar-refractivity contribution in [2.45, 2.75) is 13.8 Å². The topological polar surface area (TPSA) is 64.4 Å². The van der Waals surface area contributed by atoms with Crippen molar-refractivity contribution < 1.29 is 9.66 Å². The number of nitrogens with one attached hydrogen (secondary N) is 1. The SMILES string of the molecule is CCNc1cc(Oc2ccc(Br)c(C)c2)cc([N+](=O)[O-])c1. The van der Waals surface area contributed by atoms with E-state index in [9.17, 15) is 10.1 Å². The fourth-order valence-electron chi connectivity index (χ4n) is 1.87. The highest BCUT2D eigenvalue weighted by Crippen LogP contribution is 2.31. The van der Waals surface area contributed by atoms with E-state index in [2.05, 4.69) is 21.2 Å². The number of rotatable bonds is 5. The average Bonchev–Trinajstić information content (AvgIpc) is 2.43. The molecule has 0 bridgehead atoms. The summed E-state index contributed by atoms with van der Waals surface area (Å²) in [4.78, 5) is 10.5. The van der Waals surface area contributed by atoms with Gasteiger partial charge in [0.25, 0.3) is 5.69 Å². The summed E-state index contributed by atoms with van der Waals surface area (Å²) in [5, 5.41) is 14.0. The van der Waals surface area contributed by atoms with E-state index in [1.807, 2.05) is 32.0 Å². The quantitative estimate of drug-likeness (QED) is 0.615. The lowest BCUT2D eigenvalue weighted by molar-refractivity contribution is -0.384. The van der Waals surface area contributed by atoms with Crippen molar-refractivity contribution in [1.29, 1.82) is 0 Å². The number of nitro groups is 1. The molecule has 2 rings (SSSR count).